The van der Waals surface area contributed by atoms with Gasteiger partial charge in [-0.25, -0.2) is 0 Å². The van der Waals surface area contributed by atoms with Gasteiger partial charge in [-0.05, 0) is 44.3 Å². The van der Waals surface area contributed by atoms with E-state index in [9.17, 15) is 0 Å². The maximum absolute atomic E-state index is 3.40. The maximum atomic E-state index is 3.40. The minimum Gasteiger partial charge on any atom is -0.317 e. The summed E-state index contributed by atoms with van der Waals surface area (Å²) in [4.78, 5) is 0. The van der Waals surface area contributed by atoms with Gasteiger partial charge in [-0.3, -0.25) is 0 Å². The Bertz CT molecular complexity index is 274. The number of rotatable bonds is 1. The minimum atomic E-state index is 0.793. The molecular formula is C12H17N. The molecule has 0 bridgehead atoms. The number of hydrogen-bond acceptors (Lipinski definition) is 1. The van der Waals surface area contributed by atoms with E-state index < -0.39 is 0 Å². The Kier molecular flexibility index (Phi) is 2.65. The van der Waals surface area contributed by atoms with Crippen LogP contribution in [0.15, 0.2) is 24.3 Å². The fourth-order valence-electron chi connectivity index (χ4n) is 2.08. The summed E-state index contributed by atoms with van der Waals surface area (Å²) < 4.78 is 0. The number of hydrogen-bond donors (Lipinski definition) is 1. The van der Waals surface area contributed by atoms with Crippen LogP contribution in [0.4, 0.5) is 0 Å². The molecule has 1 fully saturated rings. The molecule has 1 aliphatic rings. The summed E-state index contributed by atoms with van der Waals surface area (Å²) in [6, 6.07) is 8.94. The van der Waals surface area contributed by atoms with Crippen LogP contribution in [0.25, 0.3) is 0 Å². The van der Waals surface area contributed by atoms with Crippen LogP contribution in [0.5, 0.6) is 0 Å². The molecule has 0 aromatic heterocycles. The number of piperidine rings is 1. The van der Waals surface area contributed by atoms with Crippen LogP contribution in [-0.2, 0) is 0 Å². The van der Waals surface area contributed by atoms with Gasteiger partial charge in [0.15, 0.2) is 0 Å². The van der Waals surface area contributed by atoms with E-state index in [2.05, 4.69) is 36.5 Å². The third kappa shape index (κ3) is 2.10. The molecule has 1 aromatic rings. The summed E-state index contributed by atoms with van der Waals surface area (Å²) in [7, 11) is 0. The molecule has 0 saturated carbocycles. The van der Waals surface area contributed by atoms with Gasteiger partial charge in [-0.15, -0.1) is 0 Å². The summed E-state index contributed by atoms with van der Waals surface area (Å²) in [5.41, 5.74) is 2.91. The Balaban J connectivity index is 2.14. The van der Waals surface area contributed by atoms with E-state index in [-0.39, 0.29) is 0 Å². The normalized spacial score (nSPS) is 18.8. The number of nitrogens with one attached hydrogen (secondary N) is 1. The average molecular weight is 175 g/mol. The van der Waals surface area contributed by atoms with Crippen LogP contribution < -0.4 is 5.32 Å². The molecule has 0 aliphatic carbocycles. The first-order valence-electron chi connectivity index (χ1n) is 5.13. The lowest BCUT2D eigenvalue weighted by Crippen LogP contribution is -2.26. The Morgan fingerprint density at radius 1 is 1.23 bits per heavy atom. The second kappa shape index (κ2) is 3.93. The lowest BCUT2D eigenvalue weighted by molar-refractivity contribution is 0.460. The smallest absolute Gasteiger partial charge is 0.00431 e. The molecule has 1 nitrogen and oxygen atoms in total. The molecule has 0 unspecified atom stereocenters. The van der Waals surface area contributed by atoms with Crippen molar-refractivity contribution < 1.29 is 0 Å². The van der Waals surface area contributed by atoms with E-state index in [1.54, 1.807) is 0 Å². The Labute approximate surface area is 80.2 Å². The van der Waals surface area contributed by atoms with Crippen molar-refractivity contribution in [3.8, 4) is 0 Å². The highest BCUT2D eigenvalue weighted by Gasteiger charge is 2.14. The Morgan fingerprint density at radius 2 is 2.00 bits per heavy atom. The van der Waals surface area contributed by atoms with Crippen molar-refractivity contribution in [2.45, 2.75) is 25.7 Å². The molecule has 1 N–H and O–H groups in total. The minimum absolute atomic E-state index is 0.793. The first kappa shape index (κ1) is 8.76. The highest BCUT2D eigenvalue weighted by Crippen LogP contribution is 2.25. The average Bonchev–Trinajstić information content (AvgIpc) is 2.19. The summed E-state index contributed by atoms with van der Waals surface area (Å²) in [6.45, 7) is 4.53. The van der Waals surface area contributed by atoms with Crippen molar-refractivity contribution in [1.29, 1.82) is 0 Å². The zero-order chi connectivity index (χ0) is 9.10. The second-order valence-electron chi connectivity index (χ2n) is 3.94. The standard InChI is InChI=1S/C12H17N/c1-10-3-2-4-12(9-10)11-5-7-13-8-6-11/h2-4,9,11,13H,5-8H2,1H3. The molecule has 0 spiro atoms. The highest BCUT2D eigenvalue weighted by molar-refractivity contribution is 5.25. The van der Waals surface area contributed by atoms with Crippen LogP contribution in [0.3, 0.4) is 0 Å². The number of benzene rings is 1. The van der Waals surface area contributed by atoms with E-state index in [1.165, 1.54) is 37.1 Å². The molecule has 70 valence electrons. The Hall–Kier alpha value is -0.820. The fourth-order valence-corrected chi connectivity index (χ4v) is 2.08. The first-order chi connectivity index (χ1) is 6.36. The quantitative estimate of drug-likeness (QED) is 0.691. The zero-order valence-electron chi connectivity index (χ0n) is 8.22. The molecule has 0 amide bonds. The van der Waals surface area contributed by atoms with Crippen molar-refractivity contribution in [2.75, 3.05) is 13.1 Å². The second-order valence-corrected chi connectivity index (χ2v) is 3.94. The molecule has 1 heterocycles. The Morgan fingerprint density at radius 3 is 2.69 bits per heavy atom. The maximum Gasteiger partial charge on any atom is -0.00431 e. The van der Waals surface area contributed by atoms with E-state index in [0.29, 0.717) is 0 Å². The van der Waals surface area contributed by atoms with Gasteiger partial charge in [0.1, 0.15) is 0 Å². The van der Waals surface area contributed by atoms with Crippen molar-refractivity contribution in [3.05, 3.63) is 35.4 Å². The van der Waals surface area contributed by atoms with Crippen molar-refractivity contribution in [3.63, 3.8) is 0 Å². The third-order valence-electron chi connectivity index (χ3n) is 2.85. The van der Waals surface area contributed by atoms with Crippen LogP contribution in [0, 0.1) is 6.92 Å². The van der Waals surface area contributed by atoms with Crippen LogP contribution >= 0.6 is 0 Å². The van der Waals surface area contributed by atoms with Crippen molar-refractivity contribution in [2.24, 2.45) is 0 Å². The van der Waals surface area contributed by atoms with Crippen molar-refractivity contribution in [1.82, 2.24) is 5.32 Å². The number of aryl methyl sites for hydroxylation is 1. The first-order valence-corrected chi connectivity index (χ1v) is 5.13. The van der Waals surface area contributed by atoms with Crippen LogP contribution in [0.1, 0.15) is 29.9 Å². The summed E-state index contributed by atoms with van der Waals surface area (Å²) in [5.74, 6) is 0.793. The van der Waals surface area contributed by atoms with Gasteiger partial charge in [0.2, 0.25) is 0 Å². The topological polar surface area (TPSA) is 12.0 Å². The lowest BCUT2D eigenvalue weighted by Gasteiger charge is -2.23. The summed E-state index contributed by atoms with van der Waals surface area (Å²) in [5, 5.41) is 3.40. The zero-order valence-corrected chi connectivity index (χ0v) is 8.22. The third-order valence-corrected chi connectivity index (χ3v) is 2.85. The predicted molar refractivity (Wildman–Crippen MR) is 56.0 cm³/mol. The van der Waals surface area contributed by atoms with Crippen LogP contribution in [-0.4, -0.2) is 13.1 Å². The van der Waals surface area contributed by atoms with E-state index in [0.717, 1.165) is 5.92 Å². The van der Waals surface area contributed by atoms with E-state index in [4.69, 9.17) is 0 Å². The van der Waals surface area contributed by atoms with Gasteiger partial charge >= 0.3 is 0 Å². The van der Waals surface area contributed by atoms with E-state index in [1.807, 2.05) is 0 Å². The van der Waals surface area contributed by atoms with Gasteiger partial charge in [0.25, 0.3) is 0 Å². The molecule has 0 atom stereocenters. The molecule has 1 saturated heterocycles. The van der Waals surface area contributed by atoms with Crippen molar-refractivity contribution >= 4 is 0 Å². The molecule has 13 heavy (non-hydrogen) atoms. The molecular weight excluding hydrogens is 158 g/mol. The molecule has 2 rings (SSSR count). The summed E-state index contributed by atoms with van der Waals surface area (Å²) >= 11 is 0. The van der Waals surface area contributed by atoms with Gasteiger partial charge in [0.05, 0.1) is 0 Å². The molecule has 1 aliphatic heterocycles. The SMILES string of the molecule is Cc1cccc(C2CCNCC2)c1. The van der Waals surface area contributed by atoms with Gasteiger partial charge in [-0.1, -0.05) is 29.8 Å². The largest absolute Gasteiger partial charge is 0.317 e. The lowest BCUT2D eigenvalue weighted by atomic mass is 9.89. The molecule has 1 aromatic carbocycles. The monoisotopic (exact) mass is 175 g/mol. The van der Waals surface area contributed by atoms with Gasteiger partial charge in [-0.2, -0.15) is 0 Å². The fraction of sp³-hybridized carbons (Fsp3) is 0.500. The van der Waals surface area contributed by atoms with Gasteiger partial charge in [0, 0.05) is 0 Å². The highest BCUT2D eigenvalue weighted by atomic mass is 14.9. The van der Waals surface area contributed by atoms with E-state index >= 15 is 0 Å². The van der Waals surface area contributed by atoms with Gasteiger partial charge < -0.3 is 5.32 Å². The summed E-state index contributed by atoms with van der Waals surface area (Å²) in [6.07, 6.45) is 2.59. The molecule has 1 heteroatoms. The predicted octanol–water partition coefficient (Wildman–Crippen LogP) is 2.46. The van der Waals surface area contributed by atoms with Crippen LogP contribution in [0.2, 0.25) is 0 Å². The molecule has 0 radical (unpaired) electrons.